The normalized spacial score (nSPS) is 17.2. The Hall–Kier alpha value is -4.49. The second-order valence-corrected chi connectivity index (χ2v) is 12.2. The van der Waals surface area contributed by atoms with Crippen molar-refractivity contribution in [3.05, 3.63) is 90.1 Å². The SMILES string of the molecule is O=C(Nc1ccc(-c2cnc3nc2NCCCNS(=O)(=O)c2cccc(c2)N3)cc1)C1(c2cccc(C(F)(F)F)c2)CC1. The van der Waals surface area contributed by atoms with E-state index in [1.54, 1.807) is 48.7 Å². The summed E-state index contributed by atoms with van der Waals surface area (Å²) in [5.41, 5.74) is 1.07. The minimum absolute atomic E-state index is 0.135. The topological polar surface area (TPSA) is 125 Å². The van der Waals surface area contributed by atoms with Crippen molar-refractivity contribution >= 4 is 39.1 Å². The van der Waals surface area contributed by atoms with Crippen LogP contribution in [0.25, 0.3) is 11.1 Å². The Kier molecular flexibility index (Phi) is 7.30. The number of aromatic nitrogens is 2. The Morgan fingerprint density at radius 3 is 2.47 bits per heavy atom. The van der Waals surface area contributed by atoms with Gasteiger partial charge in [0, 0.05) is 36.2 Å². The molecular formula is C30H27F3N6O3S. The standard InChI is InChI=1S/C30H27F3N6O3S/c31-30(32,33)21-5-1-4-20(16-21)29(12-13-29)27(40)37-22-10-8-19(9-11-22)25-18-35-28-38-23-6-2-7-24(17-23)43(41,42)36-15-3-14-34-26(25)39-28/h1-2,4-11,16-18,36H,3,12-15H2,(H,37,40)(H2,34,35,38,39). The van der Waals surface area contributed by atoms with Crippen LogP contribution < -0.4 is 20.7 Å². The van der Waals surface area contributed by atoms with Crippen molar-refractivity contribution in [2.75, 3.05) is 29.0 Å². The highest BCUT2D eigenvalue weighted by Gasteiger charge is 2.51. The average Bonchev–Trinajstić information content (AvgIpc) is 3.80. The van der Waals surface area contributed by atoms with Gasteiger partial charge in [-0.15, -0.1) is 0 Å². The van der Waals surface area contributed by atoms with Crippen LogP contribution >= 0.6 is 0 Å². The number of halogens is 3. The number of nitrogens with one attached hydrogen (secondary N) is 4. The van der Waals surface area contributed by atoms with Crippen LogP contribution in [0.5, 0.6) is 0 Å². The number of amides is 1. The lowest BCUT2D eigenvalue weighted by molar-refractivity contribution is -0.137. The molecule has 1 aromatic heterocycles. The largest absolute Gasteiger partial charge is 0.416 e. The Morgan fingerprint density at radius 2 is 1.72 bits per heavy atom. The zero-order chi connectivity index (χ0) is 30.2. The molecule has 9 nitrogen and oxygen atoms in total. The Morgan fingerprint density at radius 1 is 0.953 bits per heavy atom. The number of hydrogen-bond acceptors (Lipinski definition) is 7. The van der Waals surface area contributed by atoms with Gasteiger partial charge in [0.05, 0.1) is 15.9 Å². The van der Waals surface area contributed by atoms with Crippen LogP contribution in [-0.2, 0) is 26.4 Å². The van der Waals surface area contributed by atoms with E-state index < -0.39 is 27.2 Å². The lowest BCUT2D eigenvalue weighted by Crippen LogP contribution is -2.28. The molecular weight excluding hydrogens is 581 g/mol. The van der Waals surface area contributed by atoms with Gasteiger partial charge in [-0.25, -0.2) is 18.1 Å². The van der Waals surface area contributed by atoms with Gasteiger partial charge < -0.3 is 16.0 Å². The molecule has 0 spiro atoms. The number of carbonyl (C=O) groups excluding carboxylic acids is 1. The fraction of sp³-hybridized carbons (Fsp3) is 0.233. The number of fused-ring (bicyclic) bond motifs is 4. The van der Waals surface area contributed by atoms with Crippen LogP contribution in [0.2, 0.25) is 0 Å². The van der Waals surface area contributed by atoms with Crippen molar-refractivity contribution < 1.29 is 26.4 Å². The van der Waals surface area contributed by atoms with Gasteiger partial charge in [0.1, 0.15) is 5.82 Å². The van der Waals surface area contributed by atoms with E-state index in [0.717, 1.165) is 17.7 Å². The van der Waals surface area contributed by atoms with Gasteiger partial charge in [-0.1, -0.05) is 36.4 Å². The molecule has 0 saturated heterocycles. The zero-order valence-corrected chi connectivity index (χ0v) is 23.5. The van der Waals surface area contributed by atoms with Crippen molar-refractivity contribution in [2.45, 2.75) is 35.7 Å². The van der Waals surface area contributed by atoms with E-state index in [4.69, 9.17) is 0 Å². The number of anilines is 4. The van der Waals surface area contributed by atoms with E-state index >= 15 is 0 Å². The van der Waals surface area contributed by atoms with Gasteiger partial charge in [0.2, 0.25) is 21.9 Å². The van der Waals surface area contributed by atoms with Crippen LogP contribution in [0.4, 0.5) is 36.3 Å². The number of sulfonamides is 1. The van der Waals surface area contributed by atoms with Crippen molar-refractivity contribution in [2.24, 2.45) is 0 Å². The quantitative estimate of drug-likeness (QED) is 0.235. The molecule has 1 fully saturated rings. The molecule has 2 heterocycles. The van der Waals surface area contributed by atoms with E-state index in [2.05, 4.69) is 30.6 Å². The molecule has 0 unspecified atom stereocenters. The fourth-order valence-electron chi connectivity index (χ4n) is 4.99. The molecule has 6 rings (SSSR count). The smallest absolute Gasteiger partial charge is 0.369 e. The number of alkyl halides is 3. The van der Waals surface area contributed by atoms with Crippen LogP contribution in [-0.4, -0.2) is 37.4 Å². The first-order valence-corrected chi connectivity index (χ1v) is 15.1. The summed E-state index contributed by atoms with van der Waals surface area (Å²) in [6.45, 7) is 0.673. The van der Waals surface area contributed by atoms with Gasteiger partial charge in [0.15, 0.2) is 0 Å². The highest BCUT2D eigenvalue weighted by molar-refractivity contribution is 7.89. The Bertz CT molecular complexity index is 1790. The molecule has 1 saturated carbocycles. The van der Waals surface area contributed by atoms with E-state index in [1.807, 2.05) is 0 Å². The first-order valence-electron chi connectivity index (χ1n) is 13.6. The van der Waals surface area contributed by atoms with Gasteiger partial charge in [-0.2, -0.15) is 18.2 Å². The predicted molar refractivity (Wildman–Crippen MR) is 156 cm³/mol. The fourth-order valence-corrected chi connectivity index (χ4v) is 6.11. The second kappa shape index (κ2) is 11.0. The highest BCUT2D eigenvalue weighted by atomic mass is 32.2. The predicted octanol–water partition coefficient (Wildman–Crippen LogP) is 5.67. The molecule has 1 amide bonds. The zero-order valence-electron chi connectivity index (χ0n) is 22.7. The minimum Gasteiger partial charge on any atom is -0.369 e. The van der Waals surface area contributed by atoms with Gasteiger partial charge >= 0.3 is 6.18 Å². The van der Waals surface area contributed by atoms with E-state index in [-0.39, 0.29) is 23.3 Å². The molecule has 43 heavy (non-hydrogen) atoms. The summed E-state index contributed by atoms with van der Waals surface area (Å²) in [7, 11) is -3.66. The number of rotatable bonds is 4. The van der Waals surface area contributed by atoms with Crippen molar-refractivity contribution in [1.29, 1.82) is 0 Å². The highest BCUT2D eigenvalue weighted by Crippen LogP contribution is 2.50. The maximum atomic E-state index is 13.2. The van der Waals surface area contributed by atoms with Gasteiger partial charge in [0.25, 0.3) is 0 Å². The number of hydrogen-bond donors (Lipinski definition) is 4. The molecule has 1 aliphatic heterocycles. The minimum atomic E-state index is -4.48. The molecule has 4 bridgehead atoms. The van der Waals surface area contributed by atoms with Crippen molar-refractivity contribution in [3.8, 4) is 11.1 Å². The van der Waals surface area contributed by atoms with E-state index in [1.165, 1.54) is 18.2 Å². The van der Waals surface area contributed by atoms with Crippen molar-refractivity contribution in [1.82, 2.24) is 14.7 Å². The first kappa shape index (κ1) is 28.6. The monoisotopic (exact) mass is 608 g/mol. The van der Waals surface area contributed by atoms with E-state index in [9.17, 15) is 26.4 Å². The second-order valence-electron chi connectivity index (χ2n) is 10.5. The molecule has 4 N–H and O–H groups in total. The van der Waals surface area contributed by atoms with Crippen LogP contribution in [0.1, 0.15) is 30.4 Å². The molecule has 0 radical (unpaired) electrons. The van der Waals surface area contributed by atoms with Crippen LogP contribution in [0, 0.1) is 0 Å². The Balaban J connectivity index is 1.21. The molecule has 3 aromatic carbocycles. The lowest BCUT2D eigenvalue weighted by Gasteiger charge is -2.18. The van der Waals surface area contributed by atoms with Gasteiger partial charge in [-0.3, -0.25) is 4.79 Å². The maximum absolute atomic E-state index is 13.2. The van der Waals surface area contributed by atoms with Gasteiger partial charge in [-0.05, 0) is 66.8 Å². The molecule has 13 heteroatoms. The summed E-state index contributed by atoms with van der Waals surface area (Å²) < 4.78 is 67.5. The van der Waals surface area contributed by atoms with E-state index in [0.29, 0.717) is 54.1 Å². The van der Waals surface area contributed by atoms with Crippen LogP contribution in [0.3, 0.4) is 0 Å². The third-order valence-electron chi connectivity index (χ3n) is 7.51. The van der Waals surface area contributed by atoms with Crippen LogP contribution in [0.15, 0.2) is 83.9 Å². The third-order valence-corrected chi connectivity index (χ3v) is 8.97. The molecule has 1 aliphatic carbocycles. The molecule has 2 aliphatic rings. The maximum Gasteiger partial charge on any atom is 0.416 e. The summed E-state index contributed by atoms with van der Waals surface area (Å²) in [5, 5.41) is 9.17. The third kappa shape index (κ3) is 6.04. The number of nitrogens with zero attached hydrogens (tertiary/aromatic N) is 2. The summed E-state index contributed by atoms with van der Waals surface area (Å²) in [6, 6.07) is 18.3. The first-order chi connectivity index (χ1) is 20.5. The lowest BCUT2D eigenvalue weighted by atomic mass is 9.93. The van der Waals surface area contributed by atoms with Crippen molar-refractivity contribution in [3.63, 3.8) is 0 Å². The summed E-state index contributed by atoms with van der Waals surface area (Å²) >= 11 is 0. The average molecular weight is 609 g/mol. The summed E-state index contributed by atoms with van der Waals surface area (Å²) in [4.78, 5) is 22.4. The molecule has 4 aromatic rings. The number of benzene rings is 3. The molecule has 222 valence electrons. The summed E-state index contributed by atoms with van der Waals surface area (Å²) in [5.74, 6) is 0.466. The number of carbonyl (C=O) groups is 1. The Labute approximate surface area is 246 Å². The summed E-state index contributed by atoms with van der Waals surface area (Å²) in [6.07, 6.45) is -1.39. The molecule has 0 atom stereocenters.